The van der Waals surface area contributed by atoms with Crippen molar-refractivity contribution in [2.24, 2.45) is 0 Å². The zero-order valence-corrected chi connectivity index (χ0v) is 5.88. The highest BCUT2D eigenvalue weighted by Gasteiger charge is 2.05. The highest BCUT2D eigenvalue weighted by molar-refractivity contribution is 5.50. The van der Waals surface area contributed by atoms with Crippen molar-refractivity contribution in [3.8, 4) is 5.88 Å². The lowest BCUT2D eigenvalue weighted by molar-refractivity contribution is 0.455. The van der Waals surface area contributed by atoms with Gasteiger partial charge in [-0.1, -0.05) is 0 Å². The zero-order chi connectivity index (χ0) is 8.43. The number of hydrogen-bond acceptors (Lipinski definition) is 5. The van der Waals surface area contributed by atoms with Gasteiger partial charge in [0.2, 0.25) is 11.8 Å². The fourth-order valence-electron chi connectivity index (χ4n) is 0.704. The molecule has 0 unspecified atom stereocenters. The van der Waals surface area contributed by atoms with E-state index in [0.717, 1.165) is 0 Å². The number of aromatic amines is 1. The van der Waals surface area contributed by atoms with Crippen LogP contribution in [0.5, 0.6) is 5.88 Å². The summed E-state index contributed by atoms with van der Waals surface area (Å²) in [4.78, 5) is 16.5. The van der Waals surface area contributed by atoms with Crippen LogP contribution in [0.3, 0.4) is 0 Å². The van der Waals surface area contributed by atoms with Crippen LogP contribution >= 0.6 is 0 Å². The van der Waals surface area contributed by atoms with Crippen LogP contribution in [0.25, 0.3) is 0 Å². The van der Waals surface area contributed by atoms with E-state index in [4.69, 9.17) is 10.8 Å². The summed E-state index contributed by atoms with van der Waals surface area (Å²) in [5.74, 6) is -0.500. The summed E-state index contributed by atoms with van der Waals surface area (Å²) in [5, 5.41) is 11.5. The van der Waals surface area contributed by atoms with Crippen molar-refractivity contribution in [2.45, 2.75) is 0 Å². The fraction of sp³-hybridized carbons (Fsp3) is 0.200. The first kappa shape index (κ1) is 7.39. The van der Waals surface area contributed by atoms with Gasteiger partial charge < -0.3 is 16.2 Å². The molecule has 0 atom stereocenters. The van der Waals surface area contributed by atoms with E-state index in [-0.39, 0.29) is 11.6 Å². The molecule has 6 nitrogen and oxygen atoms in total. The normalized spacial score (nSPS) is 9.55. The van der Waals surface area contributed by atoms with E-state index in [9.17, 15) is 4.79 Å². The lowest BCUT2D eigenvalue weighted by atomic mass is 10.5. The predicted octanol–water partition coefficient (Wildman–Crippen LogP) is -0.901. The maximum atomic E-state index is 10.9. The van der Waals surface area contributed by atoms with Crippen molar-refractivity contribution in [3.05, 3.63) is 10.4 Å². The second-order valence-corrected chi connectivity index (χ2v) is 1.90. The number of rotatable bonds is 1. The number of hydrogen-bond donors (Lipinski definition) is 4. The molecule has 0 aromatic carbocycles. The molecule has 5 N–H and O–H groups in total. The van der Waals surface area contributed by atoms with Crippen molar-refractivity contribution < 1.29 is 5.11 Å². The highest BCUT2D eigenvalue weighted by atomic mass is 16.3. The molecule has 1 aromatic heterocycles. The topological polar surface area (TPSA) is 104 Å². The van der Waals surface area contributed by atoms with Crippen LogP contribution in [-0.2, 0) is 0 Å². The van der Waals surface area contributed by atoms with Crippen molar-refractivity contribution in [3.63, 3.8) is 0 Å². The third-order valence-corrected chi connectivity index (χ3v) is 1.17. The fourth-order valence-corrected chi connectivity index (χ4v) is 0.704. The Labute approximate surface area is 62.1 Å². The summed E-state index contributed by atoms with van der Waals surface area (Å²) in [5.41, 5.74) is 4.65. The number of aromatic nitrogens is 2. The molecule has 0 amide bonds. The van der Waals surface area contributed by atoms with Gasteiger partial charge in [-0.3, -0.25) is 9.78 Å². The number of nitrogens with one attached hydrogen (secondary N) is 2. The van der Waals surface area contributed by atoms with Gasteiger partial charge in [-0.25, -0.2) is 0 Å². The van der Waals surface area contributed by atoms with Gasteiger partial charge in [0.1, 0.15) is 0 Å². The van der Waals surface area contributed by atoms with Gasteiger partial charge in [-0.15, -0.1) is 0 Å². The molecule has 0 aliphatic rings. The molecule has 0 saturated carbocycles. The highest BCUT2D eigenvalue weighted by Crippen LogP contribution is 2.12. The van der Waals surface area contributed by atoms with Crippen LogP contribution in [0.15, 0.2) is 4.79 Å². The summed E-state index contributed by atoms with van der Waals surface area (Å²) in [6.07, 6.45) is 0. The molecule has 0 radical (unpaired) electrons. The van der Waals surface area contributed by atoms with E-state index in [1.165, 1.54) is 7.05 Å². The Balaban J connectivity index is 3.37. The Morgan fingerprint density at radius 2 is 2.36 bits per heavy atom. The van der Waals surface area contributed by atoms with Gasteiger partial charge in [0.15, 0.2) is 5.69 Å². The minimum absolute atomic E-state index is 0.0131. The van der Waals surface area contributed by atoms with E-state index in [1.54, 1.807) is 0 Å². The number of nitrogen functional groups attached to an aromatic ring is 1. The average Bonchev–Trinajstić information content (AvgIpc) is 1.85. The number of nitrogens with zero attached hydrogens (tertiary/aromatic N) is 1. The molecular weight excluding hydrogens is 148 g/mol. The van der Waals surface area contributed by atoms with Gasteiger partial charge in [-0.05, 0) is 0 Å². The zero-order valence-electron chi connectivity index (χ0n) is 5.88. The molecule has 11 heavy (non-hydrogen) atoms. The smallest absolute Gasteiger partial charge is 0.279 e. The van der Waals surface area contributed by atoms with Crippen molar-refractivity contribution >= 4 is 11.6 Å². The Bertz CT molecular complexity index is 319. The molecule has 0 bridgehead atoms. The van der Waals surface area contributed by atoms with Crippen molar-refractivity contribution in [1.29, 1.82) is 0 Å². The van der Waals surface area contributed by atoms with Gasteiger partial charge in [0.05, 0.1) is 0 Å². The van der Waals surface area contributed by atoms with Crippen LogP contribution in [0.2, 0.25) is 0 Å². The summed E-state index contributed by atoms with van der Waals surface area (Å²) in [7, 11) is 1.50. The summed E-state index contributed by atoms with van der Waals surface area (Å²) < 4.78 is 0. The van der Waals surface area contributed by atoms with E-state index in [1.807, 2.05) is 0 Å². The molecule has 1 rings (SSSR count). The number of anilines is 2. The number of aromatic hydroxyl groups is 1. The largest absolute Gasteiger partial charge is 0.492 e. The quantitative estimate of drug-likeness (QED) is 0.421. The third kappa shape index (κ3) is 1.23. The maximum Gasteiger partial charge on any atom is 0.279 e. The monoisotopic (exact) mass is 156 g/mol. The van der Waals surface area contributed by atoms with Crippen molar-refractivity contribution in [1.82, 2.24) is 9.97 Å². The molecule has 1 heterocycles. The van der Waals surface area contributed by atoms with Gasteiger partial charge >= 0.3 is 0 Å². The predicted molar refractivity (Wildman–Crippen MR) is 40.5 cm³/mol. The van der Waals surface area contributed by atoms with Crippen LogP contribution < -0.4 is 16.6 Å². The molecule has 0 spiro atoms. The third-order valence-electron chi connectivity index (χ3n) is 1.17. The minimum Gasteiger partial charge on any atom is -0.492 e. The molecular formula is C5H8N4O2. The first-order chi connectivity index (χ1) is 5.15. The standard InChI is InChI=1S/C5H8N4O2/c1-7-2-3(10)8-5(6)9-4(2)11/h7H,1H3,(H4,6,8,9,10,11). The van der Waals surface area contributed by atoms with Crippen LogP contribution in [0, 0.1) is 0 Å². The summed E-state index contributed by atoms with van der Waals surface area (Å²) >= 11 is 0. The molecule has 0 saturated heterocycles. The molecule has 0 fully saturated rings. The van der Waals surface area contributed by atoms with E-state index in [2.05, 4.69) is 15.3 Å². The van der Waals surface area contributed by atoms with Gasteiger partial charge in [-0.2, -0.15) is 4.98 Å². The van der Waals surface area contributed by atoms with E-state index < -0.39 is 11.4 Å². The Morgan fingerprint density at radius 3 is 2.82 bits per heavy atom. The Morgan fingerprint density at radius 1 is 1.73 bits per heavy atom. The summed E-state index contributed by atoms with van der Waals surface area (Å²) in [6, 6.07) is 0. The molecule has 60 valence electrons. The molecule has 6 heteroatoms. The average molecular weight is 156 g/mol. The van der Waals surface area contributed by atoms with E-state index >= 15 is 0 Å². The van der Waals surface area contributed by atoms with Crippen LogP contribution in [0.1, 0.15) is 0 Å². The number of H-pyrrole nitrogens is 1. The summed E-state index contributed by atoms with van der Waals surface area (Å²) in [6.45, 7) is 0. The first-order valence-corrected chi connectivity index (χ1v) is 2.91. The first-order valence-electron chi connectivity index (χ1n) is 2.91. The Hall–Kier alpha value is -1.72. The lowest BCUT2D eigenvalue weighted by Crippen LogP contribution is -2.14. The van der Waals surface area contributed by atoms with Crippen molar-refractivity contribution in [2.75, 3.05) is 18.1 Å². The molecule has 1 aromatic rings. The van der Waals surface area contributed by atoms with Crippen LogP contribution in [-0.4, -0.2) is 22.1 Å². The SMILES string of the molecule is CNc1c(O)nc(N)[nH]c1=O. The number of nitrogens with two attached hydrogens (primary N) is 1. The second kappa shape index (κ2) is 2.49. The lowest BCUT2D eigenvalue weighted by Gasteiger charge is -2.00. The Kier molecular flexibility index (Phi) is 1.67. The van der Waals surface area contributed by atoms with Gasteiger partial charge in [0, 0.05) is 7.05 Å². The minimum atomic E-state index is -0.488. The van der Waals surface area contributed by atoms with Crippen LogP contribution in [0.4, 0.5) is 11.6 Å². The second-order valence-electron chi connectivity index (χ2n) is 1.90. The van der Waals surface area contributed by atoms with Gasteiger partial charge in [0.25, 0.3) is 5.56 Å². The maximum absolute atomic E-state index is 10.9. The molecule has 0 aliphatic heterocycles. The molecule has 0 aliphatic carbocycles. The van der Waals surface area contributed by atoms with E-state index in [0.29, 0.717) is 0 Å².